The van der Waals surface area contributed by atoms with Crippen molar-refractivity contribution < 1.29 is 19.0 Å². The predicted octanol–water partition coefficient (Wildman–Crippen LogP) is 2.30. The fraction of sp³-hybridized carbons (Fsp3) is 0.0667. The number of benzene rings is 2. The number of rotatable bonds is 4. The SMILES string of the molecule is COc1cc(C=NNC(=O)c2ccccc2F)ccc1O. The minimum atomic E-state index is -0.643. The zero-order valence-corrected chi connectivity index (χ0v) is 11.2. The summed E-state index contributed by atoms with van der Waals surface area (Å²) < 4.78 is 18.3. The van der Waals surface area contributed by atoms with Crippen LogP contribution in [0, 0.1) is 5.82 Å². The maximum Gasteiger partial charge on any atom is 0.274 e. The molecule has 2 rings (SSSR count). The highest BCUT2D eigenvalue weighted by Crippen LogP contribution is 2.25. The first-order valence-corrected chi connectivity index (χ1v) is 6.06. The standard InChI is InChI=1S/C15H13FN2O3/c1-21-14-8-10(6-7-13(14)19)9-17-18-15(20)11-4-2-3-5-12(11)16/h2-9,19H,1H3,(H,18,20). The van der Waals surface area contributed by atoms with Crippen LogP contribution >= 0.6 is 0 Å². The van der Waals surface area contributed by atoms with Crippen LogP contribution in [0.1, 0.15) is 15.9 Å². The maximum absolute atomic E-state index is 13.4. The van der Waals surface area contributed by atoms with E-state index >= 15 is 0 Å². The molecule has 0 fully saturated rings. The Balaban J connectivity index is 2.06. The summed E-state index contributed by atoms with van der Waals surface area (Å²) in [5, 5.41) is 13.2. The quantitative estimate of drug-likeness (QED) is 0.670. The second-order valence-corrected chi connectivity index (χ2v) is 4.11. The Morgan fingerprint density at radius 3 is 2.81 bits per heavy atom. The molecule has 0 saturated heterocycles. The van der Waals surface area contributed by atoms with E-state index in [-0.39, 0.29) is 11.3 Å². The maximum atomic E-state index is 13.4. The number of hydrazone groups is 1. The highest BCUT2D eigenvalue weighted by Gasteiger charge is 2.09. The van der Waals surface area contributed by atoms with E-state index in [0.717, 1.165) is 0 Å². The number of carbonyl (C=O) groups is 1. The monoisotopic (exact) mass is 288 g/mol. The Morgan fingerprint density at radius 1 is 1.33 bits per heavy atom. The molecule has 108 valence electrons. The molecule has 0 atom stereocenters. The van der Waals surface area contributed by atoms with Crippen LogP contribution < -0.4 is 10.2 Å². The van der Waals surface area contributed by atoms with Crippen LogP contribution in [-0.4, -0.2) is 24.3 Å². The minimum absolute atomic E-state index is 0.00467. The zero-order chi connectivity index (χ0) is 15.2. The molecule has 21 heavy (non-hydrogen) atoms. The lowest BCUT2D eigenvalue weighted by molar-refractivity contribution is 0.0951. The van der Waals surface area contributed by atoms with Crippen LogP contribution in [0.15, 0.2) is 47.6 Å². The Labute approximate surface area is 120 Å². The normalized spacial score (nSPS) is 10.6. The number of phenols is 1. The molecule has 0 aliphatic heterocycles. The minimum Gasteiger partial charge on any atom is -0.504 e. The number of aromatic hydroxyl groups is 1. The summed E-state index contributed by atoms with van der Waals surface area (Å²) in [6.45, 7) is 0. The van der Waals surface area contributed by atoms with E-state index in [1.807, 2.05) is 0 Å². The van der Waals surface area contributed by atoms with Crippen molar-refractivity contribution in [1.82, 2.24) is 5.43 Å². The number of halogens is 1. The van der Waals surface area contributed by atoms with Crippen LogP contribution in [0.3, 0.4) is 0 Å². The number of amides is 1. The van der Waals surface area contributed by atoms with Gasteiger partial charge in [-0.15, -0.1) is 0 Å². The molecule has 0 radical (unpaired) electrons. The summed E-state index contributed by atoms with van der Waals surface area (Å²) in [6, 6.07) is 10.2. The van der Waals surface area contributed by atoms with Crippen molar-refractivity contribution in [2.24, 2.45) is 5.10 Å². The number of hydrogen-bond acceptors (Lipinski definition) is 4. The second-order valence-electron chi connectivity index (χ2n) is 4.11. The van der Waals surface area contributed by atoms with Crippen molar-refractivity contribution >= 4 is 12.1 Å². The highest BCUT2D eigenvalue weighted by molar-refractivity contribution is 5.95. The number of methoxy groups -OCH3 is 1. The molecule has 0 bridgehead atoms. The number of hydrogen-bond donors (Lipinski definition) is 2. The van der Waals surface area contributed by atoms with Gasteiger partial charge in [-0.2, -0.15) is 5.10 Å². The van der Waals surface area contributed by atoms with Gasteiger partial charge in [0.15, 0.2) is 11.5 Å². The zero-order valence-electron chi connectivity index (χ0n) is 11.2. The lowest BCUT2D eigenvalue weighted by atomic mass is 10.2. The molecular weight excluding hydrogens is 275 g/mol. The Bertz CT molecular complexity index is 686. The summed E-state index contributed by atoms with van der Waals surface area (Å²) >= 11 is 0. The van der Waals surface area contributed by atoms with Gasteiger partial charge >= 0.3 is 0 Å². The van der Waals surface area contributed by atoms with Gasteiger partial charge in [0, 0.05) is 0 Å². The Kier molecular flexibility index (Phi) is 4.50. The lowest BCUT2D eigenvalue weighted by Gasteiger charge is -2.03. The van der Waals surface area contributed by atoms with E-state index in [4.69, 9.17) is 4.74 Å². The topological polar surface area (TPSA) is 70.9 Å². The van der Waals surface area contributed by atoms with Crippen molar-refractivity contribution in [3.63, 3.8) is 0 Å². The molecule has 0 saturated carbocycles. The first-order chi connectivity index (χ1) is 10.1. The van der Waals surface area contributed by atoms with E-state index in [1.54, 1.807) is 18.2 Å². The van der Waals surface area contributed by atoms with Gasteiger partial charge < -0.3 is 9.84 Å². The summed E-state index contributed by atoms with van der Waals surface area (Å²) in [4.78, 5) is 11.7. The van der Waals surface area contributed by atoms with Gasteiger partial charge in [0.05, 0.1) is 18.9 Å². The molecular formula is C15H13FN2O3. The fourth-order valence-electron chi connectivity index (χ4n) is 1.65. The Hall–Kier alpha value is -2.89. The fourth-order valence-corrected chi connectivity index (χ4v) is 1.65. The number of ether oxygens (including phenoxy) is 1. The molecule has 0 spiro atoms. The van der Waals surface area contributed by atoms with Gasteiger partial charge in [-0.05, 0) is 35.9 Å². The van der Waals surface area contributed by atoms with E-state index in [2.05, 4.69) is 10.5 Å². The average Bonchev–Trinajstić information content (AvgIpc) is 2.49. The van der Waals surface area contributed by atoms with Crippen LogP contribution in [-0.2, 0) is 0 Å². The third-order valence-electron chi connectivity index (χ3n) is 2.70. The predicted molar refractivity (Wildman–Crippen MR) is 76.1 cm³/mol. The largest absolute Gasteiger partial charge is 0.504 e. The van der Waals surface area contributed by atoms with Crippen LogP contribution in [0.2, 0.25) is 0 Å². The van der Waals surface area contributed by atoms with E-state index in [1.165, 1.54) is 37.6 Å². The molecule has 2 N–H and O–H groups in total. The van der Waals surface area contributed by atoms with Crippen LogP contribution in [0.5, 0.6) is 11.5 Å². The van der Waals surface area contributed by atoms with E-state index in [9.17, 15) is 14.3 Å². The van der Waals surface area contributed by atoms with Crippen molar-refractivity contribution in [3.05, 3.63) is 59.4 Å². The summed E-state index contributed by atoms with van der Waals surface area (Å²) in [6.07, 6.45) is 1.36. The molecule has 0 aromatic heterocycles. The smallest absolute Gasteiger partial charge is 0.274 e. The van der Waals surface area contributed by atoms with Crippen molar-refractivity contribution in [3.8, 4) is 11.5 Å². The first-order valence-electron chi connectivity index (χ1n) is 6.06. The van der Waals surface area contributed by atoms with Crippen molar-refractivity contribution in [1.29, 1.82) is 0 Å². The average molecular weight is 288 g/mol. The van der Waals surface area contributed by atoms with Gasteiger partial charge in [-0.1, -0.05) is 12.1 Å². The summed E-state index contributed by atoms with van der Waals surface area (Å²) in [5.74, 6) is -0.962. The molecule has 0 aliphatic rings. The van der Waals surface area contributed by atoms with Gasteiger partial charge in [0.25, 0.3) is 5.91 Å². The van der Waals surface area contributed by atoms with Gasteiger partial charge in [-0.25, -0.2) is 9.82 Å². The number of nitrogens with one attached hydrogen (secondary N) is 1. The Morgan fingerprint density at radius 2 is 2.10 bits per heavy atom. The second kappa shape index (κ2) is 6.51. The molecule has 0 unspecified atom stereocenters. The van der Waals surface area contributed by atoms with Crippen molar-refractivity contribution in [2.75, 3.05) is 7.11 Å². The van der Waals surface area contributed by atoms with Crippen LogP contribution in [0.25, 0.3) is 0 Å². The molecule has 1 amide bonds. The number of carbonyl (C=O) groups excluding carboxylic acids is 1. The highest BCUT2D eigenvalue weighted by atomic mass is 19.1. The molecule has 2 aromatic carbocycles. The molecule has 5 nitrogen and oxygen atoms in total. The first kappa shape index (κ1) is 14.5. The van der Waals surface area contributed by atoms with E-state index < -0.39 is 11.7 Å². The molecule has 0 heterocycles. The van der Waals surface area contributed by atoms with Gasteiger partial charge in [0.2, 0.25) is 0 Å². The van der Waals surface area contributed by atoms with Gasteiger partial charge in [0.1, 0.15) is 5.82 Å². The number of phenolic OH excluding ortho intramolecular Hbond substituents is 1. The summed E-state index contributed by atoms with van der Waals surface area (Å²) in [7, 11) is 1.43. The summed E-state index contributed by atoms with van der Waals surface area (Å²) in [5.41, 5.74) is 2.75. The number of nitrogens with zero attached hydrogens (tertiary/aromatic N) is 1. The molecule has 0 aliphatic carbocycles. The van der Waals surface area contributed by atoms with E-state index in [0.29, 0.717) is 11.3 Å². The van der Waals surface area contributed by atoms with Crippen molar-refractivity contribution in [2.45, 2.75) is 0 Å². The third kappa shape index (κ3) is 3.56. The van der Waals surface area contributed by atoms with Crippen LogP contribution in [0.4, 0.5) is 4.39 Å². The molecule has 6 heteroatoms. The third-order valence-corrected chi connectivity index (χ3v) is 2.70. The molecule has 2 aromatic rings. The van der Waals surface area contributed by atoms with Gasteiger partial charge in [-0.3, -0.25) is 4.79 Å². The lowest BCUT2D eigenvalue weighted by Crippen LogP contribution is -2.18.